The van der Waals surface area contributed by atoms with Crippen LogP contribution in [-0.2, 0) is 16.1 Å². The smallest absolute Gasteiger partial charge is 0.327 e. The molecule has 0 bridgehead atoms. The average molecular weight is 436 g/mol. The Kier molecular flexibility index (Phi) is 10.0. The van der Waals surface area contributed by atoms with E-state index in [4.69, 9.17) is 16.3 Å². The molecule has 2 N–H and O–H groups in total. The molecule has 2 heterocycles. The van der Waals surface area contributed by atoms with Crippen molar-refractivity contribution >= 4 is 41.1 Å². The summed E-state index contributed by atoms with van der Waals surface area (Å²) < 4.78 is 4.93. The topological polar surface area (TPSA) is 96.5 Å². The molecule has 0 saturated heterocycles. The van der Waals surface area contributed by atoms with Crippen LogP contribution in [-0.4, -0.2) is 34.6 Å². The second-order valence-electron chi connectivity index (χ2n) is 6.09. The van der Waals surface area contributed by atoms with Gasteiger partial charge in [0, 0.05) is 17.8 Å². The van der Waals surface area contributed by atoms with Gasteiger partial charge in [-0.3, -0.25) is 15.0 Å². The fourth-order valence-corrected chi connectivity index (χ4v) is 2.96. The van der Waals surface area contributed by atoms with Crippen LogP contribution in [0.4, 0.5) is 22.2 Å². The summed E-state index contributed by atoms with van der Waals surface area (Å²) in [6, 6.07) is 6.61. The molecule has 1 aliphatic rings. The van der Waals surface area contributed by atoms with Gasteiger partial charge in [0.2, 0.25) is 5.95 Å². The fraction of sp³-hybridized carbons (Fsp3) is 0.429. The zero-order valence-electron chi connectivity index (χ0n) is 17.0. The molecular weight excluding hydrogens is 406 g/mol. The number of esters is 1. The number of halogens is 1. The maximum absolute atomic E-state index is 12.5. The largest absolute Gasteiger partial charge is 0.466 e. The fourth-order valence-electron chi connectivity index (χ4n) is 2.72. The van der Waals surface area contributed by atoms with E-state index in [0.29, 0.717) is 35.6 Å². The van der Waals surface area contributed by atoms with E-state index in [1.165, 1.54) is 4.90 Å². The minimum Gasteiger partial charge on any atom is -0.466 e. The number of anilines is 3. The van der Waals surface area contributed by atoms with Crippen LogP contribution in [0, 0.1) is 0 Å². The third-order valence-electron chi connectivity index (χ3n) is 3.96. The lowest BCUT2D eigenvalue weighted by Crippen LogP contribution is -2.39. The van der Waals surface area contributed by atoms with E-state index in [1.807, 2.05) is 26.8 Å². The highest BCUT2D eigenvalue weighted by atomic mass is 35.5. The number of carbonyl (C=O) groups is 2. The van der Waals surface area contributed by atoms with Crippen LogP contribution >= 0.6 is 11.6 Å². The molecule has 0 radical (unpaired) electrons. The van der Waals surface area contributed by atoms with Gasteiger partial charge < -0.3 is 10.1 Å². The SMILES string of the molecule is C.CC.CCOC(=O)CC(C)Nc1ncc2c(n1)NC(=O)N(c1ccccc1Cl)C2. The first-order valence-corrected chi connectivity index (χ1v) is 9.96. The summed E-state index contributed by atoms with van der Waals surface area (Å²) in [5, 5.41) is 6.28. The van der Waals surface area contributed by atoms with Crippen LogP contribution < -0.4 is 15.5 Å². The van der Waals surface area contributed by atoms with E-state index < -0.39 is 0 Å². The van der Waals surface area contributed by atoms with Crippen LogP contribution in [0.1, 0.15) is 47.1 Å². The molecule has 30 heavy (non-hydrogen) atoms. The van der Waals surface area contributed by atoms with Gasteiger partial charge in [-0.2, -0.15) is 4.98 Å². The predicted molar refractivity (Wildman–Crippen MR) is 121 cm³/mol. The van der Waals surface area contributed by atoms with Crippen molar-refractivity contribution in [3.63, 3.8) is 0 Å². The van der Waals surface area contributed by atoms with Crippen LogP contribution in [0.2, 0.25) is 5.02 Å². The monoisotopic (exact) mass is 435 g/mol. The Bertz CT molecular complexity index is 862. The van der Waals surface area contributed by atoms with Crippen LogP contribution in [0.25, 0.3) is 0 Å². The predicted octanol–water partition coefficient (Wildman–Crippen LogP) is 5.10. The molecule has 0 aliphatic carbocycles. The number of urea groups is 1. The summed E-state index contributed by atoms with van der Waals surface area (Å²) in [4.78, 5) is 34.2. The molecule has 1 unspecified atom stereocenters. The molecule has 164 valence electrons. The van der Waals surface area contributed by atoms with Crippen molar-refractivity contribution in [2.75, 3.05) is 22.1 Å². The lowest BCUT2D eigenvalue weighted by molar-refractivity contribution is -0.143. The molecular formula is C21H30ClN5O3. The van der Waals surface area contributed by atoms with Gasteiger partial charge in [-0.15, -0.1) is 0 Å². The van der Waals surface area contributed by atoms with Crippen molar-refractivity contribution in [1.82, 2.24) is 9.97 Å². The van der Waals surface area contributed by atoms with Crippen molar-refractivity contribution in [3.05, 3.63) is 41.0 Å². The Morgan fingerprint density at radius 1 is 1.37 bits per heavy atom. The van der Waals surface area contributed by atoms with Crippen LogP contribution in [0.15, 0.2) is 30.5 Å². The van der Waals surface area contributed by atoms with Gasteiger partial charge in [-0.1, -0.05) is 45.0 Å². The molecule has 1 aliphatic heterocycles. The second-order valence-corrected chi connectivity index (χ2v) is 6.50. The van der Waals surface area contributed by atoms with E-state index in [-0.39, 0.29) is 31.9 Å². The summed E-state index contributed by atoms with van der Waals surface area (Å²) in [5.41, 5.74) is 1.38. The molecule has 2 amide bonds. The van der Waals surface area contributed by atoms with Gasteiger partial charge in [0.05, 0.1) is 30.3 Å². The van der Waals surface area contributed by atoms with E-state index in [1.54, 1.807) is 31.3 Å². The normalized spacial score (nSPS) is 13.0. The summed E-state index contributed by atoms with van der Waals surface area (Å²) >= 11 is 6.20. The van der Waals surface area contributed by atoms with Crippen molar-refractivity contribution < 1.29 is 14.3 Å². The maximum Gasteiger partial charge on any atom is 0.327 e. The zero-order valence-corrected chi connectivity index (χ0v) is 17.8. The minimum absolute atomic E-state index is 0. The summed E-state index contributed by atoms with van der Waals surface area (Å²) in [7, 11) is 0. The molecule has 1 aromatic carbocycles. The Balaban J connectivity index is 0.00000146. The number of ether oxygens (including phenoxy) is 1. The van der Waals surface area contributed by atoms with Gasteiger partial charge in [0.1, 0.15) is 5.82 Å². The van der Waals surface area contributed by atoms with Crippen molar-refractivity contribution in [2.24, 2.45) is 0 Å². The number of aromatic nitrogens is 2. The van der Waals surface area contributed by atoms with Crippen molar-refractivity contribution in [3.8, 4) is 0 Å². The van der Waals surface area contributed by atoms with E-state index in [2.05, 4.69) is 20.6 Å². The molecule has 2 aromatic rings. The highest BCUT2D eigenvalue weighted by Gasteiger charge is 2.27. The molecule has 8 nitrogen and oxygen atoms in total. The number of benzene rings is 1. The second kappa shape index (κ2) is 12.0. The Morgan fingerprint density at radius 3 is 2.73 bits per heavy atom. The van der Waals surface area contributed by atoms with Gasteiger partial charge >= 0.3 is 12.0 Å². The average Bonchev–Trinajstić information content (AvgIpc) is 2.69. The molecule has 0 spiro atoms. The number of nitrogens with one attached hydrogen (secondary N) is 2. The highest BCUT2D eigenvalue weighted by molar-refractivity contribution is 6.34. The number of rotatable bonds is 6. The first kappa shape index (κ1) is 25.2. The van der Waals surface area contributed by atoms with Gasteiger partial charge in [-0.25, -0.2) is 9.78 Å². The lowest BCUT2D eigenvalue weighted by atomic mass is 10.2. The standard InChI is InChI=1S/C18H20ClN5O3.C2H6.CH4/c1-3-27-15(25)8-11(2)21-17-20-9-12-10-24(18(26)23-16(12)22-17)14-7-5-4-6-13(14)19;1-2;/h4-7,9,11H,3,8,10H2,1-2H3,(H2,20,21,22,23,26);1-2H3;1H4. The first-order chi connectivity index (χ1) is 14.0. The number of hydrogen-bond donors (Lipinski definition) is 2. The number of amides is 2. The van der Waals surface area contributed by atoms with Crippen molar-refractivity contribution in [1.29, 1.82) is 0 Å². The minimum atomic E-state index is -0.320. The van der Waals surface area contributed by atoms with Crippen LogP contribution in [0.5, 0.6) is 0 Å². The quantitative estimate of drug-likeness (QED) is 0.613. The number of carbonyl (C=O) groups excluding carboxylic acids is 2. The van der Waals surface area contributed by atoms with Gasteiger partial charge in [0.15, 0.2) is 0 Å². The summed E-state index contributed by atoms with van der Waals surface area (Å²) in [6.45, 7) is 8.24. The lowest BCUT2D eigenvalue weighted by Gasteiger charge is -2.29. The molecule has 1 atom stereocenters. The summed E-state index contributed by atoms with van der Waals surface area (Å²) in [5.74, 6) is 0.473. The maximum atomic E-state index is 12.5. The molecule has 9 heteroatoms. The van der Waals surface area contributed by atoms with E-state index in [0.717, 1.165) is 5.56 Å². The van der Waals surface area contributed by atoms with Crippen LogP contribution in [0.3, 0.4) is 0 Å². The Labute approximate surface area is 183 Å². The molecule has 0 saturated carbocycles. The number of hydrogen-bond acceptors (Lipinski definition) is 6. The van der Waals surface area contributed by atoms with E-state index >= 15 is 0 Å². The first-order valence-electron chi connectivity index (χ1n) is 9.59. The Morgan fingerprint density at radius 2 is 2.07 bits per heavy atom. The summed E-state index contributed by atoms with van der Waals surface area (Å²) in [6.07, 6.45) is 1.84. The number of nitrogens with zero attached hydrogens (tertiary/aromatic N) is 3. The number of para-hydroxylation sites is 1. The molecule has 1 aromatic heterocycles. The third-order valence-corrected chi connectivity index (χ3v) is 4.28. The van der Waals surface area contributed by atoms with Gasteiger partial charge in [0.25, 0.3) is 0 Å². The van der Waals surface area contributed by atoms with E-state index in [9.17, 15) is 9.59 Å². The van der Waals surface area contributed by atoms with Gasteiger partial charge in [-0.05, 0) is 26.0 Å². The zero-order chi connectivity index (χ0) is 21.4. The highest BCUT2D eigenvalue weighted by Crippen LogP contribution is 2.31. The molecule has 0 fully saturated rings. The van der Waals surface area contributed by atoms with Crippen molar-refractivity contribution in [2.45, 2.75) is 54.1 Å². The molecule has 3 rings (SSSR count). The third kappa shape index (κ3) is 6.32. The number of fused-ring (bicyclic) bond motifs is 1. The Hall–Kier alpha value is -2.87.